The Bertz CT molecular complexity index is 292. The van der Waals surface area contributed by atoms with Gasteiger partial charge in [-0.25, -0.2) is 4.39 Å². The Balaban J connectivity index is 2.18. The molecule has 2 rings (SSSR count). The molecule has 64 valence electrons. The Morgan fingerprint density at radius 2 is 2.33 bits per heavy atom. The van der Waals surface area contributed by atoms with Crippen molar-refractivity contribution in [3.05, 3.63) is 35.1 Å². The molecule has 1 unspecified atom stereocenters. The Hall–Kier alpha value is -0.890. The van der Waals surface area contributed by atoms with Crippen LogP contribution in [0.15, 0.2) is 18.2 Å². The Labute approximate surface area is 71.2 Å². The first kappa shape index (κ1) is 7.74. The molecule has 2 heteroatoms. The molecule has 1 aromatic rings. The molecule has 0 radical (unpaired) electrons. The highest BCUT2D eigenvalue weighted by Gasteiger charge is 2.23. The van der Waals surface area contributed by atoms with Crippen LogP contribution in [0.25, 0.3) is 0 Å². The van der Waals surface area contributed by atoms with Crippen LogP contribution < -0.4 is 0 Å². The molecule has 1 aliphatic rings. The minimum absolute atomic E-state index is 0.106. The van der Waals surface area contributed by atoms with Gasteiger partial charge in [0, 0.05) is 6.42 Å². The van der Waals surface area contributed by atoms with E-state index in [1.807, 2.05) is 19.1 Å². The molecule has 1 nitrogen and oxygen atoms in total. The highest BCUT2D eigenvalue weighted by Crippen LogP contribution is 2.18. The van der Waals surface area contributed by atoms with E-state index < -0.39 is 0 Å². The van der Waals surface area contributed by atoms with Crippen LogP contribution in [0, 0.1) is 12.7 Å². The fraction of sp³-hybridized carbons (Fsp3) is 0.400. The molecule has 1 heterocycles. The molecule has 0 saturated carbocycles. The summed E-state index contributed by atoms with van der Waals surface area (Å²) < 4.78 is 18.2. The number of halogens is 1. The summed E-state index contributed by atoms with van der Waals surface area (Å²) in [4.78, 5) is 0. The van der Waals surface area contributed by atoms with E-state index in [9.17, 15) is 4.39 Å². The van der Waals surface area contributed by atoms with Gasteiger partial charge in [0.15, 0.2) is 0 Å². The standard InChI is InChI=1S/C10H11FO/c1-7-2-3-8(10(11)4-7)5-9-6-12-9/h2-4,9H,5-6H2,1H3. The van der Waals surface area contributed by atoms with Gasteiger partial charge in [0.25, 0.3) is 0 Å². The number of aryl methyl sites for hydroxylation is 1. The largest absolute Gasteiger partial charge is 0.373 e. The lowest BCUT2D eigenvalue weighted by molar-refractivity contribution is 0.405. The van der Waals surface area contributed by atoms with Crippen molar-refractivity contribution in [3.8, 4) is 0 Å². The first-order chi connectivity index (χ1) is 5.75. The van der Waals surface area contributed by atoms with E-state index in [2.05, 4.69) is 0 Å². The van der Waals surface area contributed by atoms with E-state index in [-0.39, 0.29) is 11.9 Å². The highest BCUT2D eigenvalue weighted by molar-refractivity contribution is 5.24. The summed E-state index contributed by atoms with van der Waals surface area (Å²) in [6.07, 6.45) is 0.980. The summed E-state index contributed by atoms with van der Waals surface area (Å²) in [5, 5.41) is 0. The third kappa shape index (κ3) is 1.64. The van der Waals surface area contributed by atoms with Crippen molar-refractivity contribution in [1.29, 1.82) is 0 Å². The molecular weight excluding hydrogens is 155 g/mol. The zero-order valence-electron chi connectivity index (χ0n) is 7.01. The van der Waals surface area contributed by atoms with Gasteiger partial charge in [-0.05, 0) is 24.1 Å². The lowest BCUT2D eigenvalue weighted by atomic mass is 10.1. The van der Waals surface area contributed by atoms with E-state index in [1.165, 1.54) is 0 Å². The van der Waals surface area contributed by atoms with Gasteiger partial charge >= 0.3 is 0 Å². The first-order valence-corrected chi connectivity index (χ1v) is 4.12. The molecule has 12 heavy (non-hydrogen) atoms. The Morgan fingerprint density at radius 3 is 2.92 bits per heavy atom. The van der Waals surface area contributed by atoms with Gasteiger partial charge in [0.05, 0.1) is 12.7 Å². The van der Waals surface area contributed by atoms with Crippen molar-refractivity contribution in [2.24, 2.45) is 0 Å². The van der Waals surface area contributed by atoms with Crippen LogP contribution in [-0.2, 0) is 11.2 Å². The molecule has 1 fully saturated rings. The number of ether oxygens (including phenoxy) is 1. The van der Waals surface area contributed by atoms with E-state index in [0.717, 1.165) is 17.7 Å². The van der Waals surface area contributed by atoms with Gasteiger partial charge in [-0.1, -0.05) is 12.1 Å². The van der Waals surface area contributed by atoms with Crippen molar-refractivity contribution in [3.63, 3.8) is 0 Å². The molecule has 0 aromatic heterocycles. The van der Waals surface area contributed by atoms with Crippen molar-refractivity contribution < 1.29 is 9.13 Å². The van der Waals surface area contributed by atoms with E-state index >= 15 is 0 Å². The maximum atomic E-state index is 13.2. The minimum Gasteiger partial charge on any atom is -0.373 e. The molecule has 0 N–H and O–H groups in total. The molecule has 0 amide bonds. The van der Waals surface area contributed by atoms with Crippen molar-refractivity contribution in [1.82, 2.24) is 0 Å². The van der Waals surface area contributed by atoms with Gasteiger partial charge in [-0.15, -0.1) is 0 Å². The van der Waals surface area contributed by atoms with Gasteiger partial charge in [-0.2, -0.15) is 0 Å². The maximum absolute atomic E-state index is 13.2. The molecule has 1 aliphatic heterocycles. The second kappa shape index (κ2) is 2.87. The third-order valence-electron chi connectivity index (χ3n) is 2.06. The van der Waals surface area contributed by atoms with Gasteiger partial charge in [0.2, 0.25) is 0 Å². The molecule has 0 bridgehead atoms. The van der Waals surface area contributed by atoms with Crippen LogP contribution in [0.2, 0.25) is 0 Å². The van der Waals surface area contributed by atoms with Crippen LogP contribution >= 0.6 is 0 Å². The molecular formula is C10H11FO. The maximum Gasteiger partial charge on any atom is 0.126 e. The topological polar surface area (TPSA) is 12.5 Å². The lowest BCUT2D eigenvalue weighted by Crippen LogP contribution is -1.96. The van der Waals surface area contributed by atoms with Gasteiger partial charge in [0.1, 0.15) is 5.82 Å². The summed E-state index contributed by atoms with van der Waals surface area (Å²) in [7, 11) is 0. The van der Waals surface area contributed by atoms with Gasteiger partial charge < -0.3 is 4.74 Å². The normalized spacial score (nSPS) is 21.0. The summed E-state index contributed by atoms with van der Waals surface area (Å²) in [6.45, 7) is 2.67. The predicted octanol–water partition coefficient (Wildman–Crippen LogP) is 2.08. The fourth-order valence-electron chi connectivity index (χ4n) is 1.25. The SMILES string of the molecule is Cc1ccc(CC2CO2)c(F)c1. The molecule has 1 atom stereocenters. The Kier molecular flexibility index (Phi) is 1.85. The summed E-state index contributed by atoms with van der Waals surface area (Å²) in [6, 6.07) is 5.34. The van der Waals surface area contributed by atoms with Crippen molar-refractivity contribution in [2.75, 3.05) is 6.61 Å². The van der Waals surface area contributed by atoms with Crippen LogP contribution in [-0.4, -0.2) is 12.7 Å². The minimum atomic E-state index is -0.106. The third-order valence-corrected chi connectivity index (χ3v) is 2.06. The van der Waals surface area contributed by atoms with Crippen molar-refractivity contribution >= 4 is 0 Å². The number of rotatable bonds is 2. The molecule has 1 aromatic carbocycles. The second-order valence-corrected chi connectivity index (χ2v) is 3.25. The zero-order chi connectivity index (χ0) is 8.55. The van der Waals surface area contributed by atoms with Crippen LogP contribution in [0.1, 0.15) is 11.1 Å². The zero-order valence-corrected chi connectivity index (χ0v) is 7.01. The van der Waals surface area contributed by atoms with E-state index in [1.54, 1.807) is 6.07 Å². The first-order valence-electron chi connectivity index (χ1n) is 4.12. The monoisotopic (exact) mass is 166 g/mol. The Morgan fingerprint density at radius 1 is 1.58 bits per heavy atom. The number of hydrogen-bond donors (Lipinski definition) is 0. The van der Waals surface area contributed by atoms with E-state index in [0.29, 0.717) is 6.42 Å². The number of hydrogen-bond acceptors (Lipinski definition) is 1. The van der Waals surface area contributed by atoms with Crippen LogP contribution in [0.5, 0.6) is 0 Å². The average Bonchev–Trinajstić information content (AvgIpc) is 2.79. The number of epoxide rings is 1. The highest BCUT2D eigenvalue weighted by atomic mass is 19.1. The summed E-state index contributed by atoms with van der Waals surface area (Å²) in [5.74, 6) is -0.106. The molecule has 1 saturated heterocycles. The molecule has 0 spiro atoms. The molecule has 0 aliphatic carbocycles. The summed E-state index contributed by atoms with van der Waals surface area (Å²) >= 11 is 0. The smallest absolute Gasteiger partial charge is 0.126 e. The van der Waals surface area contributed by atoms with Crippen molar-refractivity contribution in [2.45, 2.75) is 19.4 Å². The average molecular weight is 166 g/mol. The van der Waals surface area contributed by atoms with Crippen LogP contribution in [0.3, 0.4) is 0 Å². The second-order valence-electron chi connectivity index (χ2n) is 3.25. The van der Waals surface area contributed by atoms with E-state index in [4.69, 9.17) is 4.74 Å². The summed E-state index contributed by atoms with van der Waals surface area (Å²) in [5.41, 5.74) is 1.73. The number of benzene rings is 1. The van der Waals surface area contributed by atoms with Gasteiger partial charge in [-0.3, -0.25) is 0 Å². The predicted molar refractivity (Wildman–Crippen MR) is 44.6 cm³/mol. The van der Waals surface area contributed by atoms with Crippen LogP contribution in [0.4, 0.5) is 4.39 Å². The fourth-order valence-corrected chi connectivity index (χ4v) is 1.25. The lowest BCUT2D eigenvalue weighted by Gasteiger charge is -2.00. The quantitative estimate of drug-likeness (QED) is 0.613.